The van der Waals surface area contributed by atoms with Crippen molar-refractivity contribution in [3.63, 3.8) is 0 Å². The maximum Gasteiger partial charge on any atom is 0.262 e. The number of hydrogen-bond acceptors (Lipinski definition) is 10. The first-order chi connectivity index (χ1) is 19.9. The van der Waals surface area contributed by atoms with Gasteiger partial charge in [-0.2, -0.15) is 4.57 Å². The number of aromatic nitrogens is 1. The predicted octanol–water partition coefficient (Wildman–Crippen LogP) is 5.31. The summed E-state index contributed by atoms with van der Waals surface area (Å²) in [6, 6.07) is 9.14. The number of furan rings is 1. The Bertz CT molecular complexity index is 1930. The minimum atomic E-state index is -4.38. The van der Waals surface area contributed by atoms with Crippen molar-refractivity contribution < 1.29 is 34.9 Å². The van der Waals surface area contributed by atoms with Gasteiger partial charge < -0.3 is 23.3 Å². The minimum Gasteiger partial charge on any atom is -0.748 e. The molecule has 0 aliphatic carbocycles. The first-order valence-corrected chi connectivity index (χ1v) is 17.7. The quantitative estimate of drug-likeness (QED) is 0.153. The molecule has 0 amide bonds. The topological polar surface area (TPSA) is 138 Å². The van der Waals surface area contributed by atoms with Crippen LogP contribution in [0.2, 0.25) is 10.0 Å². The van der Waals surface area contributed by atoms with Gasteiger partial charge in [-0.05, 0) is 49.8 Å². The Hall–Kier alpha value is -2.65. The van der Waals surface area contributed by atoms with Gasteiger partial charge in [0.25, 0.3) is 5.01 Å². The number of halogens is 2. The highest BCUT2D eigenvalue weighted by molar-refractivity contribution is 7.85. The van der Waals surface area contributed by atoms with E-state index in [2.05, 4.69) is 0 Å². The van der Waals surface area contributed by atoms with Gasteiger partial charge >= 0.3 is 0 Å². The zero-order valence-electron chi connectivity index (χ0n) is 22.3. The van der Waals surface area contributed by atoms with Crippen LogP contribution in [-0.4, -0.2) is 50.5 Å². The predicted molar refractivity (Wildman–Crippen MR) is 164 cm³/mol. The molecule has 15 heteroatoms. The van der Waals surface area contributed by atoms with E-state index < -0.39 is 31.7 Å². The fourth-order valence-electron chi connectivity index (χ4n) is 5.11. The van der Waals surface area contributed by atoms with E-state index in [1.54, 1.807) is 18.4 Å². The third kappa shape index (κ3) is 6.62. The summed E-state index contributed by atoms with van der Waals surface area (Å²) in [6.45, 7) is 3.11. The fourth-order valence-corrected chi connectivity index (χ4v) is 7.51. The van der Waals surface area contributed by atoms with E-state index in [0.717, 1.165) is 37.8 Å². The Morgan fingerprint density at radius 1 is 0.976 bits per heavy atom. The molecule has 5 rings (SSSR count). The molecule has 1 aliphatic heterocycles. The SMILES string of the molecule is CCN1/C(=C\C=C\c2sc3ccc4occc4c3[n+]2CCCS(=O)(=O)[O-])N(CCCS(=O)(=O)[O-])c2cc(Cl)c(Cl)cc21. The smallest absolute Gasteiger partial charge is 0.262 e. The van der Waals surface area contributed by atoms with Crippen molar-refractivity contribution in [2.75, 3.05) is 34.4 Å². The Morgan fingerprint density at radius 2 is 1.64 bits per heavy atom. The lowest BCUT2D eigenvalue weighted by Gasteiger charge is -2.24. The monoisotopic (exact) mass is 670 g/mol. The molecule has 3 heterocycles. The summed E-state index contributed by atoms with van der Waals surface area (Å²) >= 11 is 14.2. The lowest BCUT2D eigenvalue weighted by molar-refractivity contribution is -0.667. The molecule has 0 N–H and O–H groups in total. The van der Waals surface area contributed by atoms with Crippen LogP contribution in [0.25, 0.3) is 27.3 Å². The van der Waals surface area contributed by atoms with Crippen LogP contribution in [0, 0.1) is 0 Å². The first kappa shape index (κ1) is 30.8. The number of rotatable bonds is 11. The molecule has 4 aromatic rings. The summed E-state index contributed by atoms with van der Waals surface area (Å²) in [4.78, 5) is 3.92. The van der Waals surface area contributed by atoms with E-state index in [4.69, 9.17) is 27.6 Å². The molecule has 0 saturated carbocycles. The minimum absolute atomic E-state index is 0.115. The van der Waals surface area contributed by atoms with Crippen LogP contribution in [0.1, 0.15) is 24.8 Å². The van der Waals surface area contributed by atoms with Gasteiger partial charge in [-0.15, -0.1) is 0 Å². The molecule has 0 spiro atoms. The molecule has 0 atom stereocenters. The second-order valence-electron chi connectivity index (χ2n) is 9.60. The van der Waals surface area contributed by atoms with Gasteiger partial charge in [-0.1, -0.05) is 40.6 Å². The van der Waals surface area contributed by atoms with Crippen molar-refractivity contribution in [3.05, 3.63) is 69.6 Å². The van der Waals surface area contributed by atoms with Crippen LogP contribution < -0.4 is 14.4 Å². The van der Waals surface area contributed by atoms with Gasteiger partial charge in [-0.25, -0.2) is 16.8 Å². The highest BCUT2D eigenvalue weighted by Crippen LogP contribution is 2.45. The Morgan fingerprint density at radius 3 is 2.31 bits per heavy atom. The van der Waals surface area contributed by atoms with Crippen LogP contribution in [0.5, 0.6) is 0 Å². The molecule has 1 aliphatic rings. The van der Waals surface area contributed by atoms with Crippen LogP contribution in [0.15, 0.2) is 59.0 Å². The van der Waals surface area contributed by atoms with Crippen molar-refractivity contribution in [1.29, 1.82) is 0 Å². The van der Waals surface area contributed by atoms with Gasteiger partial charge in [0.15, 0.2) is 6.54 Å². The zero-order chi connectivity index (χ0) is 30.2. The summed E-state index contributed by atoms with van der Waals surface area (Å²) in [5.74, 6) is -0.235. The van der Waals surface area contributed by atoms with Gasteiger partial charge in [0.1, 0.15) is 16.1 Å². The number of allylic oxidation sites excluding steroid dienone is 2. The second kappa shape index (κ2) is 12.2. The standard InChI is InChI=1S/C27H27Cl2N3O7S3/c1-2-30-21-16-19(28)20(29)17-22(21)31(11-4-14-41(33,34)35)25(30)6-3-7-26-32(12-5-15-42(36,37)38)27-18-10-13-39-23(18)8-9-24(27)40-26/h3,6-10,13,16-17H,2,4-5,11-12,14-15H2,1H3,(H-,33,34,35,36,37,38)/p-1. The van der Waals surface area contributed by atoms with E-state index in [0.29, 0.717) is 28.7 Å². The molecule has 0 fully saturated rings. The third-order valence-corrected chi connectivity index (χ3v) is 10.2. The number of fused-ring (bicyclic) bond motifs is 4. The Balaban J connectivity index is 1.54. The molecule has 2 aromatic heterocycles. The van der Waals surface area contributed by atoms with Crippen molar-refractivity contribution in [3.8, 4) is 0 Å². The van der Waals surface area contributed by atoms with Gasteiger partial charge in [0.2, 0.25) is 5.52 Å². The molecule has 224 valence electrons. The number of benzene rings is 2. The van der Waals surface area contributed by atoms with E-state index in [1.807, 2.05) is 57.7 Å². The lowest BCUT2D eigenvalue weighted by atomic mass is 10.2. The molecule has 42 heavy (non-hydrogen) atoms. The van der Waals surface area contributed by atoms with Gasteiger partial charge in [0, 0.05) is 37.1 Å². The van der Waals surface area contributed by atoms with E-state index >= 15 is 0 Å². The van der Waals surface area contributed by atoms with Crippen LogP contribution in [0.4, 0.5) is 11.4 Å². The molecule has 0 bridgehead atoms. The fraction of sp³-hybridized carbons (Fsp3) is 0.296. The molecule has 0 unspecified atom stereocenters. The average Bonchev–Trinajstić information content (AvgIpc) is 3.58. The largest absolute Gasteiger partial charge is 0.748 e. The normalized spacial score (nSPS) is 15.2. The lowest BCUT2D eigenvalue weighted by Crippen LogP contribution is -2.36. The van der Waals surface area contributed by atoms with E-state index in [-0.39, 0.29) is 19.4 Å². The van der Waals surface area contributed by atoms with Crippen LogP contribution in [0.3, 0.4) is 0 Å². The average molecular weight is 672 g/mol. The van der Waals surface area contributed by atoms with Crippen molar-refractivity contribution in [1.82, 2.24) is 0 Å². The summed E-state index contributed by atoms with van der Waals surface area (Å²) < 4.78 is 76.2. The third-order valence-electron chi connectivity index (χ3n) is 6.82. The van der Waals surface area contributed by atoms with Crippen molar-refractivity contribution >= 4 is 93.4 Å². The molecule has 10 nitrogen and oxygen atoms in total. The second-order valence-corrected chi connectivity index (χ2v) is 14.5. The maximum atomic E-state index is 11.3. The van der Waals surface area contributed by atoms with Gasteiger partial charge in [0.05, 0.1) is 53.3 Å². The molecular formula is C27H26Cl2N3O7S3-. The number of anilines is 2. The van der Waals surface area contributed by atoms with Crippen LogP contribution >= 0.6 is 34.5 Å². The van der Waals surface area contributed by atoms with Gasteiger partial charge in [-0.3, -0.25) is 0 Å². The Kier molecular flexibility index (Phi) is 8.91. The number of aryl methyl sites for hydroxylation is 1. The molecule has 0 saturated heterocycles. The summed E-state index contributed by atoms with van der Waals surface area (Å²) in [7, 11) is -8.74. The summed E-state index contributed by atoms with van der Waals surface area (Å²) in [6.07, 6.45) is 7.48. The number of hydrogen-bond donors (Lipinski definition) is 0. The molecule has 2 aromatic carbocycles. The molecule has 0 radical (unpaired) electrons. The van der Waals surface area contributed by atoms with Crippen LogP contribution in [-0.2, 0) is 26.8 Å². The highest BCUT2D eigenvalue weighted by atomic mass is 35.5. The maximum absolute atomic E-state index is 11.3. The Labute approximate surface area is 257 Å². The van der Waals surface area contributed by atoms with E-state index in [1.165, 1.54) is 11.3 Å². The number of thiazole rings is 1. The van der Waals surface area contributed by atoms with E-state index in [9.17, 15) is 25.9 Å². The van der Waals surface area contributed by atoms with Crippen molar-refractivity contribution in [2.45, 2.75) is 26.3 Å². The highest BCUT2D eigenvalue weighted by Gasteiger charge is 2.31. The van der Waals surface area contributed by atoms with Crippen molar-refractivity contribution in [2.24, 2.45) is 0 Å². The molecular weight excluding hydrogens is 645 g/mol. The number of nitrogens with zero attached hydrogens (tertiary/aromatic N) is 3. The zero-order valence-corrected chi connectivity index (χ0v) is 26.3. The first-order valence-electron chi connectivity index (χ1n) is 13.0. The summed E-state index contributed by atoms with van der Waals surface area (Å²) in [5, 5.41) is 2.43. The summed E-state index contributed by atoms with van der Waals surface area (Å²) in [5.41, 5.74) is 3.12.